The van der Waals surface area contributed by atoms with Crippen molar-refractivity contribution in [2.75, 3.05) is 38.2 Å². The molecule has 0 bridgehead atoms. The molecule has 0 atom stereocenters. The minimum atomic E-state index is -3.69. The van der Waals surface area contributed by atoms with Crippen LogP contribution in [0.2, 0.25) is 0 Å². The quantitative estimate of drug-likeness (QED) is 0.359. The van der Waals surface area contributed by atoms with Crippen molar-refractivity contribution < 1.29 is 27.8 Å². The minimum Gasteiger partial charge on any atom is -0.379 e. The Morgan fingerprint density at radius 2 is 1.68 bits per heavy atom. The van der Waals surface area contributed by atoms with E-state index < -0.39 is 37.0 Å². The lowest BCUT2D eigenvalue weighted by Gasteiger charge is -2.26. The van der Waals surface area contributed by atoms with E-state index in [1.165, 1.54) is 28.6 Å². The van der Waals surface area contributed by atoms with Crippen molar-refractivity contribution in [2.24, 2.45) is 0 Å². The highest BCUT2D eigenvalue weighted by Gasteiger charge is 2.26. The maximum Gasteiger partial charge on any atom is 0.299 e. The summed E-state index contributed by atoms with van der Waals surface area (Å²) < 4.78 is 31.7. The van der Waals surface area contributed by atoms with Crippen LogP contribution in [0.1, 0.15) is 10.4 Å². The number of hydrogen-bond acceptors (Lipinski definition) is 9. The molecule has 1 N–H and O–H groups in total. The number of rotatable bonds is 8. The van der Waals surface area contributed by atoms with Gasteiger partial charge in [-0.25, -0.2) is 8.42 Å². The first-order chi connectivity index (χ1) is 14.7. The van der Waals surface area contributed by atoms with Gasteiger partial charge in [0.15, 0.2) is 5.78 Å². The lowest BCUT2D eigenvalue weighted by atomic mass is 10.1. The van der Waals surface area contributed by atoms with E-state index in [9.17, 15) is 33.4 Å². The smallest absolute Gasteiger partial charge is 0.299 e. The third-order valence-electron chi connectivity index (χ3n) is 4.61. The molecule has 13 heteroatoms. The number of morpholine rings is 1. The number of Topliss-reactive ketones (excluding diaryl/α,β-unsaturated/α-hetero) is 1. The predicted octanol–water partition coefficient (Wildman–Crippen LogP) is 1.82. The van der Waals surface area contributed by atoms with E-state index in [1.807, 2.05) is 0 Å². The van der Waals surface area contributed by atoms with Gasteiger partial charge in [-0.15, -0.1) is 0 Å². The second-order valence-electron chi connectivity index (χ2n) is 6.53. The molecule has 0 amide bonds. The number of nitro groups is 2. The van der Waals surface area contributed by atoms with Gasteiger partial charge in [-0.2, -0.15) is 4.31 Å². The second-order valence-corrected chi connectivity index (χ2v) is 8.47. The van der Waals surface area contributed by atoms with Gasteiger partial charge < -0.3 is 10.1 Å². The number of sulfonamides is 1. The summed E-state index contributed by atoms with van der Waals surface area (Å²) in [5.41, 5.74) is -0.817. The largest absolute Gasteiger partial charge is 0.379 e. The van der Waals surface area contributed by atoms with E-state index in [4.69, 9.17) is 4.74 Å². The third-order valence-corrected chi connectivity index (χ3v) is 6.53. The van der Waals surface area contributed by atoms with E-state index >= 15 is 0 Å². The van der Waals surface area contributed by atoms with Gasteiger partial charge in [-0.05, 0) is 30.3 Å². The van der Waals surface area contributed by atoms with E-state index in [-0.39, 0.29) is 35.8 Å². The Hall–Kier alpha value is -3.42. The van der Waals surface area contributed by atoms with Crippen molar-refractivity contribution in [3.8, 4) is 0 Å². The Kier molecular flexibility index (Phi) is 6.58. The average Bonchev–Trinajstić information content (AvgIpc) is 2.77. The Labute approximate surface area is 176 Å². The Bertz CT molecular complexity index is 1110. The number of ketones is 1. The molecule has 2 aromatic rings. The summed E-state index contributed by atoms with van der Waals surface area (Å²) in [6, 6.07) is 8.42. The number of anilines is 1. The van der Waals surface area contributed by atoms with Crippen LogP contribution < -0.4 is 5.32 Å². The molecule has 1 aliphatic heterocycles. The predicted molar refractivity (Wildman–Crippen MR) is 109 cm³/mol. The fourth-order valence-corrected chi connectivity index (χ4v) is 4.37. The number of carbonyl (C=O) groups is 1. The Balaban J connectivity index is 1.70. The minimum absolute atomic E-state index is 0.0459. The molecule has 31 heavy (non-hydrogen) atoms. The van der Waals surface area contributed by atoms with Gasteiger partial charge in [0.2, 0.25) is 10.0 Å². The van der Waals surface area contributed by atoms with Crippen LogP contribution in [0.15, 0.2) is 47.4 Å². The van der Waals surface area contributed by atoms with Crippen LogP contribution in [0.4, 0.5) is 17.1 Å². The van der Waals surface area contributed by atoms with Crippen molar-refractivity contribution in [1.82, 2.24) is 4.31 Å². The number of nitrogens with zero attached hydrogens (tertiary/aromatic N) is 3. The van der Waals surface area contributed by atoms with E-state index in [0.29, 0.717) is 13.2 Å². The van der Waals surface area contributed by atoms with Crippen LogP contribution >= 0.6 is 0 Å². The van der Waals surface area contributed by atoms with Gasteiger partial charge in [0.05, 0.1) is 40.6 Å². The summed E-state index contributed by atoms with van der Waals surface area (Å²) in [6.07, 6.45) is 0. The maximum atomic E-state index is 12.6. The summed E-state index contributed by atoms with van der Waals surface area (Å²) >= 11 is 0. The molecule has 3 rings (SSSR count). The summed E-state index contributed by atoms with van der Waals surface area (Å²) in [5, 5.41) is 24.6. The molecule has 0 radical (unpaired) electrons. The molecule has 164 valence electrons. The molecule has 2 aromatic carbocycles. The molecule has 0 saturated carbocycles. The van der Waals surface area contributed by atoms with Crippen LogP contribution in [-0.4, -0.2) is 61.2 Å². The normalized spacial score (nSPS) is 14.7. The number of benzene rings is 2. The Morgan fingerprint density at radius 3 is 2.26 bits per heavy atom. The topological polar surface area (TPSA) is 162 Å². The van der Waals surface area contributed by atoms with Gasteiger partial charge in [0.25, 0.3) is 11.4 Å². The van der Waals surface area contributed by atoms with Crippen LogP contribution in [-0.2, 0) is 14.8 Å². The fourth-order valence-electron chi connectivity index (χ4n) is 2.96. The van der Waals surface area contributed by atoms with E-state index in [1.54, 1.807) is 0 Å². The zero-order valence-electron chi connectivity index (χ0n) is 16.1. The van der Waals surface area contributed by atoms with Gasteiger partial charge in [-0.1, -0.05) is 0 Å². The van der Waals surface area contributed by atoms with E-state index in [2.05, 4.69) is 5.32 Å². The van der Waals surface area contributed by atoms with E-state index in [0.717, 1.165) is 18.2 Å². The van der Waals surface area contributed by atoms with Gasteiger partial charge in [-0.3, -0.25) is 25.0 Å². The monoisotopic (exact) mass is 450 g/mol. The number of nitro benzene ring substituents is 2. The number of carbonyl (C=O) groups excluding carboxylic acids is 1. The lowest BCUT2D eigenvalue weighted by molar-refractivity contribution is -0.393. The molecular weight excluding hydrogens is 432 g/mol. The van der Waals surface area contributed by atoms with Crippen LogP contribution in [0, 0.1) is 20.2 Å². The van der Waals surface area contributed by atoms with Gasteiger partial charge in [0, 0.05) is 24.7 Å². The molecule has 1 aliphatic rings. The highest BCUT2D eigenvalue weighted by Crippen LogP contribution is 2.29. The number of non-ortho nitro benzene ring substituents is 1. The summed E-state index contributed by atoms with van der Waals surface area (Å²) in [6.45, 7) is 0.808. The van der Waals surface area contributed by atoms with Crippen LogP contribution in [0.25, 0.3) is 0 Å². The molecule has 1 saturated heterocycles. The average molecular weight is 450 g/mol. The summed E-state index contributed by atoms with van der Waals surface area (Å²) in [7, 11) is -3.69. The van der Waals surface area contributed by atoms with Crippen LogP contribution in [0.5, 0.6) is 0 Å². The molecule has 12 nitrogen and oxygen atoms in total. The van der Waals surface area contributed by atoms with Gasteiger partial charge in [0.1, 0.15) is 5.69 Å². The number of ether oxygens (including phenoxy) is 1. The Morgan fingerprint density at radius 1 is 1.03 bits per heavy atom. The first-order valence-electron chi connectivity index (χ1n) is 9.08. The second kappa shape index (κ2) is 9.16. The molecule has 0 unspecified atom stereocenters. The molecule has 0 aliphatic carbocycles. The van der Waals surface area contributed by atoms with Crippen molar-refractivity contribution in [3.63, 3.8) is 0 Å². The first-order valence-corrected chi connectivity index (χ1v) is 10.5. The zero-order chi connectivity index (χ0) is 22.6. The highest BCUT2D eigenvalue weighted by atomic mass is 32.2. The molecule has 0 aromatic heterocycles. The zero-order valence-corrected chi connectivity index (χ0v) is 16.9. The SMILES string of the molecule is O=C(CNc1ccc([N+](=O)[O-])cc1[N+](=O)[O-])c1ccc(S(=O)(=O)N2CCOCC2)cc1. The standard InChI is InChI=1S/C18H18N4O8S/c23-18(12-19-16-6-3-14(21(24)25)11-17(16)22(26)27)13-1-4-15(5-2-13)31(28,29)20-7-9-30-10-8-20/h1-6,11,19H,7-10,12H2. The first kappa shape index (κ1) is 22.3. The molecule has 1 heterocycles. The molecule has 1 fully saturated rings. The number of hydrogen-bond donors (Lipinski definition) is 1. The van der Waals surface area contributed by atoms with Crippen LogP contribution in [0.3, 0.4) is 0 Å². The molecule has 0 spiro atoms. The third kappa shape index (κ3) is 5.02. The summed E-state index contributed by atoms with van der Waals surface area (Å²) in [4.78, 5) is 32.9. The van der Waals surface area contributed by atoms with Crippen molar-refractivity contribution in [2.45, 2.75) is 4.90 Å². The number of nitrogens with one attached hydrogen (secondary N) is 1. The van der Waals surface area contributed by atoms with Crippen molar-refractivity contribution in [3.05, 3.63) is 68.3 Å². The van der Waals surface area contributed by atoms with Crippen molar-refractivity contribution in [1.29, 1.82) is 0 Å². The maximum absolute atomic E-state index is 12.6. The summed E-state index contributed by atoms with van der Waals surface area (Å²) in [5.74, 6) is -0.442. The molecular formula is C18H18N4O8S. The highest BCUT2D eigenvalue weighted by molar-refractivity contribution is 7.89. The fraction of sp³-hybridized carbons (Fsp3) is 0.278. The van der Waals surface area contributed by atoms with Gasteiger partial charge >= 0.3 is 0 Å². The lowest BCUT2D eigenvalue weighted by Crippen LogP contribution is -2.40. The van der Waals surface area contributed by atoms with Crippen molar-refractivity contribution >= 4 is 32.9 Å².